The number of aryl methyl sites for hydroxylation is 1. The van der Waals surface area contributed by atoms with E-state index in [0.29, 0.717) is 6.42 Å². The number of aromatic nitrogens is 2. The normalized spacial score (nSPS) is 16.3. The number of amides is 1. The number of hydrogen-bond donors (Lipinski definition) is 2. The summed E-state index contributed by atoms with van der Waals surface area (Å²) in [5.74, 6) is -0.398. The highest BCUT2D eigenvalue weighted by molar-refractivity contribution is 7.91. The van der Waals surface area contributed by atoms with Gasteiger partial charge in [-0.25, -0.2) is 9.35 Å². The summed E-state index contributed by atoms with van der Waals surface area (Å²) in [5.41, 5.74) is 5.66. The second-order valence-electron chi connectivity index (χ2n) is 4.56. The molecule has 7 nitrogen and oxygen atoms in total. The van der Waals surface area contributed by atoms with E-state index in [9.17, 15) is 9.00 Å². The fraction of sp³-hybridized carbons (Fsp3) is 0.600. The minimum Gasteiger partial charge on any atom is -0.320 e. The second-order valence-corrected chi connectivity index (χ2v) is 6.30. The Bertz CT molecular complexity index is 542. The Morgan fingerprint density at radius 2 is 2.22 bits per heavy atom. The maximum Gasteiger partial charge on any atom is 0.271 e. The number of carbonyl (C=O) groups is 1. The lowest BCUT2D eigenvalue weighted by atomic mass is 10.0. The monoisotopic (exact) mass is 273 g/mol. The van der Waals surface area contributed by atoms with Crippen molar-refractivity contribution < 1.29 is 9.00 Å². The van der Waals surface area contributed by atoms with Crippen LogP contribution in [-0.2, 0) is 21.8 Å². The van der Waals surface area contributed by atoms with E-state index in [-0.39, 0.29) is 10.9 Å². The summed E-state index contributed by atoms with van der Waals surface area (Å²) in [6.45, 7) is 3.87. The molecule has 102 valence electrons. The van der Waals surface area contributed by atoms with Gasteiger partial charge in [-0.2, -0.15) is 5.10 Å². The highest BCUT2D eigenvalue weighted by Gasteiger charge is 2.18. The smallest absolute Gasteiger partial charge is 0.271 e. The molecule has 0 fully saturated rings. The number of nitrogens with two attached hydrogens (primary N) is 2. The summed E-state index contributed by atoms with van der Waals surface area (Å²) >= 11 is 0. The van der Waals surface area contributed by atoms with Crippen LogP contribution in [0.1, 0.15) is 20.3 Å². The highest BCUT2D eigenvalue weighted by Crippen LogP contribution is 2.08. The van der Waals surface area contributed by atoms with Gasteiger partial charge in [0, 0.05) is 13.2 Å². The third-order valence-corrected chi connectivity index (χ3v) is 3.53. The number of nitrogens with zero attached hydrogens (tertiary/aromatic N) is 3. The zero-order valence-corrected chi connectivity index (χ0v) is 11.6. The van der Waals surface area contributed by atoms with E-state index >= 15 is 0 Å². The van der Waals surface area contributed by atoms with Gasteiger partial charge >= 0.3 is 0 Å². The molecule has 1 aromatic rings. The van der Waals surface area contributed by atoms with Gasteiger partial charge in [0.15, 0.2) is 14.9 Å². The summed E-state index contributed by atoms with van der Waals surface area (Å²) in [5, 5.41) is 9.49. The third kappa shape index (κ3) is 3.90. The molecule has 0 saturated heterocycles. The van der Waals surface area contributed by atoms with Crippen molar-refractivity contribution in [3.8, 4) is 0 Å². The van der Waals surface area contributed by atoms with Gasteiger partial charge in [0.05, 0.1) is 6.04 Å². The summed E-state index contributed by atoms with van der Waals surface area (Å²) in [6.07, 6.45) is 2.05. The van der Waals surface area contributed by atoms with Crippen molar-refractivity contribution in [2.45, 2.75) is 31.3 Å². The lowest BCUT2D eigenvalue weighted by Crippen LogP contribution is -2.32. The van der Waals surface area contributed by atoms with E-state index in [1.54, 1.807) is 13.2 Å². The standard InChI is InChI=1S/C10H19N5O2S/c1-7(2)6-8(11)10(16)14-18(12,17)9-4-5-15(3)13-9/h4-5,7-8H,6,11H2,1-3H3,(H2,12,14,16,17)/t8-,18?/m0/s1. The Labute approximate surface area is 107 Å². The maximum atomic E-state index is 12.1. The van der Waals surface area contributed by atoms with Gasteiger partial charge in [0.1, 0.15) is 0 Å². The molecule has 0 radical (unpaired) electrons. The van der Waals surface area contributed by atoms with E-state index in [1.807, 2.05) is 13.8 Å². The molecule has 0 aliphatic rings. The minimum absolute atomic E-state index is 0.0788. The largest absolute Gasteiger partial charge is 0.320 e. The predicted molar refractivity (Wildman–Crippen MR) is 68.7 cm³/mol. The minimum atomic E-state index is -3.31. The van der Waals surface area contributed by atoms with Gasteiger partial charge in [0.25, 0.3) is 5.91 Å². The molecule has 0 aliphatic heterocycles. The molecule has 4 N–H and O–H groups in total. The van der Waals surface area contributed by atoms with Crippen molar-refractivity contribution >= 4 is 15.8 Å². The van der Waals surface area contributed by atoms with Crippen LogP contribution in [0.15, 0.2) is 21.7 Å². The van der Waals surface area contributed by atoms with Crippen LogP contribution in [0.25, 0.3) is 0 Å². The predicted octanol–water partition coefficient (Wildman–Crippen LogP) is 0.0207. The molecular formula is C10H19N5O2S. The molecule has 1 rings (SSSR count). The van der Waals surface area contributed by atoms with E-state index in [2.05, 4.69) is 9.46 Å². The average Bonchev–Trinajstić information content (AvgIpc) is 2.63. The lowest BCUT2D eigenvalue weighted by molar-refractivity contribution is -0.119. The average molecular weight is 273 g/mol. The Hall–Kier alpha value is -1.25. The zero-order chi connectivity index (χ0) is 13.9. The molecule has 0 bridgehead atoms. The van der Waals surface area contributed by atoms with Crippen molar-refractivity contribution in [3.05, 3.63) is 12.3 Å². The fourth-order valence-electron chi connectivity index (χ4n) is 1.41. The fourth-order valence-corrected chi connectivity index (χ4v) is 2.40. The van der Waals surface area contributed by atoms with Gasteiger partial charge in [-0.1, -0.05) is 13.8 Å². The van der Waals surface area contributed by atoms with Gasteiger partial charge in [-0.3, -0.25) is 9.48 Å². The molecule has 1 heterocycles. The van der Waals surface area contributed by atoms with E-state index < -0.39 is 21.9 Å². The molecule has 2 atom stereocenters. The molecule has 0 spiro atoms. The lowest BCUT2D eigenvalue weighted by Gasteiger charge is -2.10. The Kier molecular flexibility index (Phi) is 4.60. The topological polar surface area (TPSA) is 116 Å². The quantitative estimate of drug-likeness (QED) is 0.804. The summed E-state index contributed by atoms with van der Waals surface area (Å²) in [6, 6.07) is 0.686. The van der Waals surface area contributed by atoms with Crippen molar-refractivity contribution in [2.24, 2.45) is 28.2 Å². The number of hydrogen-bond acceptors (Lipinski definition) is 4. The summed E-state index contributed by atoms with van der Waals surface area (Å²) in [4.78, 5) is 11.7. The van der Waals surface area contributed by atoms with Crippen LogP contribution < -0.4 is 10.9 Å². The van der Waals surface area contributed by atoms with Crippen molar-refractivity contribution in [2.75, 3.05) is 0 Å². The first-order valence-electron chi connectivity index (χ1n) is 5.56. The van der Waals surface area contributed by atoms with Crippen LogP contribution >= 0.6 is 0 Å². The van der Waals surface area contributed by atoms with Crippen LogP contribution in [-0.4, -0.2) is 25.9 Å². The van der Waals surface area contributed by atoms with E-state index in [1.165, 1.54) is 10.7 Å². The molecular weight excluding hydrogens is 254 g/mol. The molecule has 1 aromatic heterocycles. The Balaban J connectivity index is 2.94. The van der Waals surface area contributed by atoms with E-state index in [0.717, 1.165) is 0 Å². The molecule has 0 aromatic carbocycles. The van der Waals surface area contributed by atoms with Gasteiger partial charge in [-0.15, -0.1) is 4.36 Å². The molecule has 1 unspecified atom stereocenters. The first-order chi connectivity index (χ1) is 8.22. The van der Waals surface area contributed by atoms with Crippen LogP contribution in [0.2, 0.25) is 0 Å². The summed E-state index contributed by atoms with van der Waals surface area (Å²) in [7, 11) is -1.65. The highest BCUT2D eigenvalue weighted by atomic mass is 32.2. The van der Waals surface area contributed by atoms with Gasteiger partial charge in [0.2, 0.25) is 0 Å². The second kappa shape index (κ2) is 5.59. The molecule has 0 aliphatic carbocycles. The Morgan fingerprint density at radius 3 is 2.67 bits per heavy atom. The van der Waals surface area contributed by atoms with E-state index in [4.69, 9.17) is 10.9 Å². The number of rotatable bonds is 4. The van der Waals surface area contributed by atoms with Crippen LogP contribution in [0, 0.1) is 5.92 Å². The van der Waals surface area contributed by atoms with Crippen molar-refractivity contribution in [3.63, 3.8) is 0 Å². The van der Waals surface area contributed by atoms with Gasteiger partial charge < -0.3 is 5.73 Å². The molecule has 1 amide bonds. The first kappa shape index (κ1) is 14.8. The molecule has 8 heteroatoms. The van der Waals surface area contributed by atoms with Crippen LogP contribution in [0.3, 0.4) is 0 Å². The molecule has 0 saturated carbocycles. The van der Waals surface area contributed by atoms with Gasteiger partial charge in [-0.05, 0) is 18.4 Å². The van der Waals surface area contributed by atoms with Crippen LogP contribution in [0.4, 0.5) is 0 Å². The van der Waals surface area contributed by atoms with Crippen LogP contribution in [0.5, 0.6) is 0 Å². The zero-order valence-electron chi connectivity index (χ0n) is 10.7. The molecule has 18 heavy (non-hydrogen) atoms. The third-order valence-electron chi connectivity index (χ3n) is 2.26. The summed E-state index contributed by atoms with van der Waals surface area (Å²) < 4.78 is 17.0. The van der Waals surface area contributed by atoms with Crippen molar-refractivity contribution in [1.29, 1.82) is 0 Å². The number of carbonyl (C=O) groups excluding carboxylic acids is 1. The SMILES string of the molecule is CC(C)C[C@H](N)C(=O)N=S(N)(=O)c1ccn(C)n1. The van der Waals surface area contributed by atoms with Crippen molar-refractivity contribution in [1.82, 2.24) is 9.78 Å². The first-order valence-corrected chi connectivity index (χ1v) is 7.14. The Morgan fingerprint density at radius 1 is 1.61 bits per heavy atom. The maximum absolute atomic E-state index is 12.1.